The highest BCUT2D eigenvalue weighted by Gasteiger charge is 2.20. The molecule has 170 valence electrons. The molecule has 0 aliphatic carbocycles. The molecule has 0 aromatic heterocycles. The summed E-state index contributed by atoms with van der Waals surface area (Å²) in [6.07, 6.45) is 21.3. The van der Waals surface area contributed by atoms with E-state index in [2.05, 4.69) is 25.2 Å². The Labute approximate surface area is 184 Å². The number of allylic oxidation sites excluding steroid dienone is 7. The lowest BCUT2D eigenvalue weighted by Gasteiger charge is -2.20. The molecule has 0 spiro atoms. The van der Waals surface area contributed by atoms with Crippen molar-refractivity contribution in [3.63, 3.8) is 0 Å². The Hall–Kier alpha value is -1.83. The fraction of sp³-hybridized carbons (Fsp3) is 0.565. The first kappa shape index (κ1) is 28.2. The van der Waals surface area contributed by atoms with Gasteiger partial charge in [0.2, 0.25) is 0 Å². The molecule has 0 aliphatic heterocycles. The number of aliphatic carboxylic acids is 2. The maximum atomic E-state index is 10.9. The zero-order valence-corrected chi connectivity index (χ0v) is 18.7. The van der Waals surface area contributed by atoms with Gasteiger partial charge < -0.3 is 21.1 Å². The molecule has 0 heterocycles. The number of rotatable bonds is 18. The van der Waals surface area contributed by atoms with Crippen LogP contribution in [0.3, 0.4) is 0 Å². The van der Waals surface area contributed by atoms with Gasteiger partial charge in [0, 0.05) is 17.4 Å². The van der Waals surface area contributed by atoms with Crippen molar-refractivity contribution >= 4 is 23.7 Å². The van der Waals surface area contributed by atoms with Gasteiger partial charge in [-0.05, 0) is 32.1 Å². The molecule has 0 aromatic carbocycles. The summed E-state index contributed by atoms with van der Waals surface area (Å²) in [4.78, 5) is 21.5. The summed E-state index contributed by atoms with van der Waals surface area (Å²) < 4.78 is 0. The Kier molecular flexibility index (Phi) is 18.0. The topological polar surface area (TPSA) is 121 Å². The number of thioether (sulfide) groups is 1. The minimum absolute atomic E-state index is 0.00938. The lowest BCUT2D eigenvalue weighted by Crippen LogP contribution is -2.34. The molecule has 0 aromatic rings. The fourth-order valence-corrected chi connectivity index (χ4v) is 3.60. The maximum absolute atomic E-state index is 10.9. The number of carboxylic acid groups (broad SMARTS) is 2. The summed E-state index contributed by atoms with van der Waals surface area (Å²) in [7, 11) is 0. The smallest absolute Gasteiger partial charge is 0.321 e. The van der Waals surface area contributed by atoms with Crippen LogP contribution in [0.1, 0.15) is 58.3 Å². The van der Waals surface area contributed by atoms with Gasteiger partial charge in [-0.2, -0.15) is 0 Å². The average Bonchev–Trinajstić information content (AvgIpc) is 2.70. The van der Waals surface area contributed by atoms with Crippen LogP contribution in [0.25, 0.3) is 0 Å². The molecule has 0 saturated carbocycles. The monoisotopic (exact) mass is 439 g/mol. The van der Waals surface area contributed by atoms with Crippen molar-refractivity contribution in [2.75, 3.05) is 5.75 Å². The molecule has 0 fully saturated rings. The zero-order chi connectivity index (χ0) is 22.6. The van der Waals surface area contributed by atoms with Crippen LogP contribution in [-0.4, -0.2) is 50.4 Å². The number of hydrogen-bond acceptors (Lipinski definition) is 5. The highest BCUT2D eigenvalue weighted by molar-refractivity contribution is 8.00. The van der Waals surface area contributed by atoms with Crippen LogP contribution in [0.2, 0.25) is 0 Å². The van der Waals surface area contributed by atoms with Crippen LogP contribution in [0.15, 0.2) is 48.6 Å². The van der Waals surface area contributed by atoms with Crippen LogP contribution in [0.4, 0.5) is 0 Å². The van der Waals surface area contributed by atoms with Gasteiger partial charge in [-0.25, -0.2) is 0 Å². The Morgan fingerprint density at radius 1 is 1.00 bits per heavy atom. The lowest BCUT2D eigenvalue weighted by molar-refractivity contribution is -0.138. The number of unbranched alkanes of at least 4 members (excludes halogenated alkanes) is 3. The molecule has 3 atom stereocenters. The summed E-state index contributed by atoms with van der Waals surface area (Å²) in [5.74, 6) is -1.83. The molecule has 5 N–H and O–H groups in total. The predicted octanol–water partition coefficient (Wildman–Crippen LogP) is 4.31. The van der Waals surface area contributed by atoms with Crippen molar-refractivity contribution < 1.29 is 24.9 Å². The van der Waals surface area contributed by atoms with E-state index >= 15 is 0 Å². The van der Waals surface area contributed by atoms with E-state index in [4.69, 9.17) is 15.9 Å². The van der Waals surface area contributed by atoms with Crippen LogP contribution >= 0.6 is 11.8 Å². The lowest BCUT2D eigenvalue weighted by atomic mass is 10.1. The standard InChI is InChI=1S/C23H37NO5S/c1-2-3-4-5-6-7-8-9-10-11-12-13-16-21(30-18-19(24)23(28)29)20(25)15-14-17-22(26)27/h6-7,9-13,16,19-21,25H,2-5,8,14-15,17-18,24H2,1H3,(H,26,27)(H,28,29)/b7-6-,10-9+,12-11+,16-13+/t19-,20+,21-/m0/s1. The normalized spacial score (nSPS) is 15.4. The number of carbonyl (C=O) groups is 2. The zero-order valence-electron chi connectivity index (χ0n) is 17.9. The minimum Gasteiger partial charge on any atom is -0.481 e. The number of nitrogens with two attached hydrogens (primary N) is 1. The van der Waals surface area contributed by atoms with Crippen LogP contribution in [-0.2, 0) is 9.59 Å². The molecule has 0 bridgehead atoms. The largest absolute Gasteiger partial charge is 0.481 e. The summed E-state index contributed by atoms with van der Waals surface area (Å²) in [6.45, 7) is 2.19. The molecule has 0 radical (unpaired) electrons. The molecule has 0 unspecified atom stereocenters. The van der Waals surface area contributed by atoms with Crippen molar-refractivity contribution in [2.45, 2.75) is 75.7 Å². The number of carboxylic acids is 2. The van der Waals surface area contributed by atoms with Gasteiger partial charge in [0.1, 0.15) is 6.04 Å². The van der Waals surface area contributed by atoms with Crippen molar-refractivity contribution in [3.8, 4) is 0 Å². The third kappa shape index (κ3) is 17.1. The van der Waals surface area contributed by atoms with Gasteiger partial charge >= 0.3 is 11.9 Å². The quantitative estimate of drug-likeness (QED) is 0.143. The van der Waals surface area contributed by atoms with E-state index < -0.39 is 24.1 Å². The first-order valence-corrected chi connectivity index (χ1v) is 11.6. The molecule has 0 amide bonds. The number of aliphatic hydroxyl groups excluding tert-OH is 1. The van der Waals surface area contributed by atoms with Crippen molar-refractivity contribution in [2.24, 2.45) is 5.73 Å². The summed E-state index contributed by atoms with van der Waals surface area (Å²) in [5, 5.41) is 27.6. The molecule has 7 heteroatoms. The fourth-order valence-electron chi connectivity index (χ4n) is 2.47. The van der Waals surface area contributed by atoms with E-state index in [-0.39, 0.29) is 17.4 Å². The van der Waals surface area contributed by atoms with Gasteiger partial charge in [-0.3, -0.25) is 9.59 Å². The predicted molar refractivity (Wildman–Crippen MR) is 125 cm³/mol. The summed E-state index contributed by atoms with van der Waals surface area (Å²) in [5.41, 5.74) is 5.54. The van der Waals surface area contributed by atoms with Gasteiger partial charge in [0.05, 0.1) is 6.10 Å². The van der Waals surface area contributed by atoms with E-state index in [1.807, 2.05) is 18.2 Å². The molecule has 30 heavy (non-hydrogen) atoms. The Balaban J connectivity index is 4.51. The second-order valence-electron chi connectivity index (χ2n) is 7.00. The Morgan fingerprint density at radius 2 is 1.73 bits per heavy atom. The van der Waals surface area contributed by atoms with Crippen LogP contribution < -0.4 is 5.73 Å². The first-order valence-electron chi connectivity index (χ1n) is 10.5. The highest BCUT2D eigenvalue weighted by atomic mass is 32.2. The second-order valence-corrected chi connectivity index (χ2v) is 8.21. The Bertz CT molecular complexity index is 586. The van der Waals surface area contributed by atoms with E-state index in [1.54, 1.807) is 12.2 Å². The van der Waals surface area contributed by atoms with Crippen molar-refractivity contribution in [1.82, 2.24) is 0 Å². The molecule has 6 nitrogen and oxygen atoms in total. The average molecular weight is 440 g/mol. The van der Waals surface area contributed by atoms with Gasteiger partial charge in [0.25, 0.3) is 0 Å². The van der Waals surface area contributed by atoms with Gasteiger partial charge in [-0.15, -0.1) is 11.8 Å². The maximum Gasteiger partial charge on any atom is 0.321 e. The molecular formula is C23H37NO5S. The van der Waals surface area contributed by atoms with E-state index in [9.17, 15) is 14.7 Å². The third-order valence-corrected chi connectivity index (χ3v) is 5.65. The molecule has 0 aliphatic rings. The van der Waals surface area contributed by atoms with Crippen molar-refractivity contribution in [3.05, 3.63) is 48.6 Å². The molecular weight excluding hydrogens is 402 g/mol. The summed E-state index contributed by atoms with van der Waals surface area (Å²) >= 11 is 1.26. The van der Waals surface area contributed by atoms with E-state index in [0.29, 0.717) is 12.8 Å². The van der Waals surface area contributed by atoms with Crippen LogP contribution in [0.5, 0.6) is 0 Å². The van der Waals surface area contributed by atoms with Crippen LogP contribution in [0, 0.1) is 0 Å². The minimum atomic E-state index is -1.09. The second kappa shape index (κ2) is 19.2. The number of hydrogen-bond donors (Lipinski definition) is 4. The SMILES string of the molecule is CCCCC/C=C\C/C=C/C=C/C=C/[C@H](SC[C@H](N)C(=O)O)[C@H](O)CCCC(=O)O. The Morgan fingerprint density at radius 3 is 2.40 bits per heavy atom. The highest BCUT2D eigenvalue weighted by Crippen LogP contribution is 2.21. The van der Waals surface area contributed by atoms with Gasteiger partial charge in [-0.1, -0.05) is 68.4 Å². The molecule has 0 saturated heterocycles. The van der Waals surface area contributed by atoms with E-state index in [1.165, 1.54) is 31.0 Å². The number of aliphatic hydroxyl groups is 1. The molecule has 0 rings (SSSR count). The van der Waals surface area contributed by atoms with Crippen molar-refractivity contribution in [1.29, 1.82) is 0 Å². The third-order valence-electron chi connectivity index (χ3n) is 4.24. The first-order chi connectivity index (χ1) is 14.4. The summed E-state index contributed by atoms with van der Waals surface area (Å²) in [6, 6.07) is -1.01. The van der Waals surface area contributed by atoms with Gasteiger partial charge in [0.15, 0.2) is 0 Å². The van der Waals surface area contributed by atoms with E-state index in [0.717, 1.165) is 12.8 Å².